The number of hydrogen-bond acceptors (Lipinski definition) is 3. The highest BCUT2D eigenvalue weighted by Gasteiger charge is 2.09. The lowest BCUT2D eigenvalue weighted by Crippen LogP contribution is -2.11. The van der Waals surface area contributed by atoms with Crippen LogP contribution in [0.15, 0.2) is 18.2 Å². The summed E-state index contributed by atoms with van der Waals surface area (Å²) in [5, 5.41) is 0.454. The molecule has 0 fully saturated rings. The van der Waals surface area contributed by atoms with Gasteiger partial charge in [-0.05, 0) is 24.6 Å². The Hall–Kier alpha value is -0.940. The second-order valence-corrected chi connectivity index (χ2v) is 5.55. The highest BCUT2D eigenvalue weighted by atomic mass is 35.5. The largest absolute Gasteiger partial charge is 0.491 e. The topological polar surface area (TPSA) is 55.4 Å². The van der Waals surface area contributed by atoms with Crippen molar-refractivity contribution in [1.82, 2.24) is 0 Å². The highest BCUT2D eigenvalue weighted by molar-refractivity contribution is 7.92. The summed E-state index contributed by atoms with van der Waals surface area (Å²) >= 11 is 5.79. The molecule has 0 atom stereocenters. The first-order chi connectivity index (χ1) is 7.42. The van der Waals surface area contributed by atoms with E-state index in [-0.39, 0.29) is 0 Å². The van der Waals surface area contributed by atoms with Crippen molar-refractivity contribution in [1.29, 1.82) is 0 Å². The van der Waals surface area contributed by atoms with Gasteiger partial charge < -0.3 is 4.74 Å². The molecule has 1 aromatic carbocycles. The van der Waals surface area contributed by atoms with Crippen molar-refractivity contribution >= 4 is 27.3 Å². The Morgan fingerprint density at radius 3 is 2.69 bits per heavy atom. The Bertz CT molecular complexity index is 459. The van der Waals surface area contributed by atoms with Crippen LogP contribution < -0.4 is 9.46 Å². The van der Waals surface area contributed by atoms with E-state index in [1.165, 1.54) is 6.07 Å². The minimum atomic E-state index is -3.33. The average molecular weight is 264 g/mol. The molecular weight excluding hydrogens is 250 g/mol. The summed E-state index contributed by atoms with van der Waals surface area (Å²) in [6, 6.07) is 4.82. The Kier molecular flexibility index (Phi) is 4.44. The lowest BCUT2D eigenvalue weighted by Gasteiger charge is -2.11. The fourth-order valence-corrected chi connectivity index (χ4v) is 1.85. The van der Waals surface area contributed by atoms with E-state index < -0.39 is 10.0 Å². The van der Waals surface area contributed by atoms with Crippen molar-refractivity contribution in [2.24, 2.45) is 0 Å². The number of nitrogens with one attached hydrogen (secondary N) is 1. The van der Waals surface area contributed by atoms with Gasteiger partial charge in [-0.1, -0.05) is 18.5 Å². The Balaban J connectivity index is 2.98. The fraction of sp³-hybridized carbons (Fsp3) is 0.400. The zero-order chi connectivity index (χ0) is 12.2. The third-order valence-electron chi connectivity index (χ3n) is 1.70. The first-order valence-electron chi connectivity index (χ1n) is 4.82. The van der Waals surface area contributed by atoms with Crippen LogP contribution in [0, 0.1) is 0 Å². The number of rotatable bonds is 5. The van der Waals surface area contributed by atoms with Crippen LogP contribution in [0.25, 0.3) is 0 Å². The van der Waals surface area contributed by atoms with Crippen LogP contribution in [0.5, 0.6) is 5.75 Å². The quantitative estimate of drug-likeness (QED) is 0.888. The van der Waals surface area contributed by atoms with Gasteiger partial charge in [0, 0.05) is 5.02 Å². The maximum absolute atomic E-state index is 11.1. The SMILES string of the molecule is CCCOc1ccc(Cl)cc1NS(C)(=O)=O. The lowest BCUT2D eigenvalue weighted by molar-refractivity contribution is 0.319. The lowest BCUT2D eigenvalue weighted by atomic mass is 10.3. The summed E-state index contributed by atoms with van der Waals surface area (Å²) in [5.74, 6) is 0.483. The van der Waals surface area contributed by atoms with Gasteiger partial charge in [0.25, 0.3) is 0 Å². The average Bonchev–Trinajstić information content (AvgIpc) is 2.14. The van der Waals surface area contributed by atoms with Gasteiger partial charge in [-0.15, -0.1) is 0 Å². The van der Waals surface area contributed by atoms with E-state index in [0.29, 0.717) is 23.1 Å². The molecule has 4 nitrogen and oxygen atoms in total. The molecular formula is C10H14ClNO3S. The molecule has 0 bridgehead atoms. The summed E-state index contributed by atoms with van der Waals surface area (Å²) in [4.78, 5) is 0. The van der Waals surface area contributed by atoms with Crippen LogP contribution in [0.2, 0.25) is 5.02 Å². The molecule has 0 radical (unpaired) electrons. The van der Waals surface area contributed by atoms with Crippen LogP contribution in [0.1, 0.15) is 13.3 Å². The summed E-state index contributed by atoms with van der Waals surface area (Å²) in [6.07, 6.45) is 1.93. The van der Waals surface area contributed by atoms with Gasteiger partial charge in [-0.2, -0.15) is 0 Å². The number of halogens is 1. The van der Waals surface area contributed by atoms with Crippen LogP contribution >= 0.6 is 11.6 Å². The Morgan fingerprint density at radius 1 is 1.44 bits per heavy atom. The molecule has 0 saturated heterocycles. The van der Waals surface area contributed by atoms with Gasteiger partial charge in [0.15, 0.2) is 0 Å². The molecule has 0 heterocycles. The number of anilines is 1. The van der Waals surface area contributed by atoms with E-state index in [1.807, 2.05) is 6.92 Å². The predicted molar refractivity (Wildman–Crippen MR) is 65.7 cm³/mol. The summed E-state index contributed by atoms with van der Waals surface area (Å²) in [5.41, 5.74) is 0.364. The minimum absolute atomic E-state index is 0.364. The van der Waals surface area contributed by atoms with Gasteiger partial charge in [0.1, 0.15) is 5.75 Å². The molecule has 90 valence electrons. The number of ether oxygens (including phenoxy) is 1. The molecule has 0 spiro atoms. The molecule has 16 heavy (non-hydrogen) atoms. The van der Waals surface area contributed by atoms with Crippen LogP contribution in [0.3, 0.4) is 0 Å². The highest BCUT2D eigenvalue weighted by Crippen LogP contribution is 2.28. The Morgan fingerprint density at radius 2 is 2.12 bits per heavy atom. The van der Waals surface area contributed by atoms with E-state index in [4.69, 9.17) is 16.3 Å². The standard InChI is InChI=1S/C10H14ClNO3S/c1-3-6-15-10-5-4-8(11)7-9(10)12-16(2,13)14/h4-5,7,12H,3,6H2,1-2H3. The fourth-order valence-electron chi connectivity index (χ4n) is 1.12. The van der Waals surface area contributed by atoms with E-state index in [2.05, 4.69) is 4.72 Å². The first-order valence-corrected chi connectivity index (χ1v) is 7.09. The van der Waals surface area contributed by atoms with Crippen molar-refractivity contribution in [3.8, 4) is 5.75 Å². The van der Waals surface area contributed by atoms with Gasteiger partial charge >= 0.3 is 0 Å². The predicted octanol–water partition coefficient (Wildman–Crippen LogP) is 2.50. The monoisotopic (exact) mass is 263 g/mol. The van der Waals surface area contributed by atoms with Gasteiger partial charge in [-0.25, -0.2) is 8.42 Å². The molecule has 1 N–H and O–H groups in total. The van der Waals surface area contributed by atoms with Crippen molar-refractivity contribution in [3.63, 3.8) is 0 Å². The molecule has 1 rings (SSSR count). The third kappa shape index (κ3) is 4.28. The van der Waals surface area contributed by atoms with E-state index >= 15 is 0 Å². The van der Waals surface area contributed by atoms with Crippen molar-refractivity contribution in [2.75, 3.05) is 17.6 Å². The van der Waals surface area contributed by atoms with Gasteiger partial charge in [0.2, 0.25) is 10.0 Å². The summed E-state index contributed by atoms with van der Waals surface area (Å²) in [7, 11) is -3.33. The van der Waals surface area contributed by atoms with E-state index in [9.17, 15) is 8.42 Å². The maximum Gasteiger partial charge on any atom is 0.229 e. The van der Waals surface area contributed by atoms with E-state index in [0.717, 1.165) is 12.7 Å². The van der Waals surface area contributed by atoms with Gasteiger partial charge in [0.05, 0.1) is 18.6 Å². The molecule has 1 aromatic rings. The minimum Gasteiger partial charge on any atom is -0.491 e. The number of hydrogen-bond donors (Lipinski definition) is 1. The molecule has 0 aromatic heterocycles. The molecule has 0 saturated carbocycles. The van der Waals surface area contributed by atoms with Crippen LogP contribution in [-0.2, 0) is 10.0 Å². The first kappa shape index (κ1) is 13.1. The molecule has 6 heteroatoms. The summed E-state index contributed by atoms with van der Waals surface area (Å²) < 4.78 is 30.0. The molecule has 0 aliphatic carbocycles. The second kappa shape index (κ2) is 5.41. The molecule has 0 amide bonds. The molecule has 0 unspecified atom stereocenters. The third-order valence-corrected chi connectivity index (χ3v) is 2.52. The second-order valence-electron chi connectivity index (χ2n) is 3.36. The van der Waals surface area contributed by atoms with Crippen molar-refractivity contribution in [2.45, 2.75) is 13.3 Å². The smallest absolute Gasteiger partial charge is 0.229 e. The Labute approximate surface area is 101 Å². The van der Waals surface area contributed by atoms with Crippen molar-refractivity contribution in [3.05, 3.63) is 23.2 Å². The normalized spacial score (nSPS) is 11.2. The number of sulfonamides is 1. The van der Waals surface area contributed by atoms with Crippen LogP contribution in [0.4, 0.5) is 5.69 Å². The number of benzene rings is 1. The van der Waals surface area contributed by atoms with Crippen molar-refractivity contribution < 1.29 is 13.2 Å². The van der Waals surface area contributed by atoms with Gasteiger partial charge in [-0.3, -0.25) is 4.72 Å². The summed E-state index contributed by atoms with van der Waals surface area (Å²) in [6.45, 7) is 2.50. The van der Waals surface area contributed by atoms with E-state index in [1.54, 1.807) is 12.1 Å². The van der Waals surface area contributed by atoms with Crippen LogP contribution in [-0.4, -0.2) is 21.3 Å². The maximum atomic E-state index is 11.1. The zero-order valence-electron chi connectivity index (χ0n) is 9.16. The molecule has 0 aliphatic heterocycles. The zero-order valence-corrected chi connectivity index (χ0v) is 10.7. The molecule has 0 aliphatic rings.